The lowest BCUT2D eigenvalue weighted by atomic mass is 10.0. The highest BCUT2D eigenvalue weighted by Crippen LogP contribution is 2.19. The van der Waals surface area contributed by atoms with Crippen LogP contribution in [0.2, 0.25) is 0 Å². The van der Waals surface area contributed by atoms with E-state index in [1.165, 1.54) is 45.3 Å². The van der Waals surface area contributed by atoms with E-state index >= 15 is 0 Å². The number of anilines is 1. The van der Waals surface area contributed by atoms with Crippen molar-refractivity contribution >= 4 is 5.82 Å². The van der Waals surface area contributed by atoms with Crippen LogP contribution in [0, 0.1) is 0 Å². The molecule has 0 saturated carbocycles. The van der Waals surface area contributed by atoms with Crippen LogP contribution in [0.25, 0.3) is 0 Å². The third-order valence-electron chi connectivity index (χ3n) is 5.02. The molecule has 1 aromatic heterocycles. The molecule has 0 spiro atoms. The Morgan fingerprint density at radius 3 is 2.76 bits per heavy atom. The lowest BCUT2D eigenvalue weighted by molar-refractivity contribution is 0.248. The maximum Gasteiger partial charge on any atom is 0.128 e. The first-order valence-electron chi connectivity index (χ1n) is 8.50. The summed E-state index contributed by atoms with van der Waals surface area (Å²) in [6.45, 7) is 8.19. The molecule has 0 aliphatic carbocycles. The molecule has 3 rings (SSSR count). The van der Waals surface area contributed by atoms with Crippen molar-refractivity contribution in [3.63, 3.8) is 0 Å². The van der Waals surface area contributed by atoms with E-state index in [4.69, 9.17) is 0 Å². The molecule has 1 unspecified atom stereocenters. The lowest BCUT2D eigenvalue weighted by Gasteiger charge is -2.34. The van der Waals surface area contributed by atoms with Crippen LogP contribution in [0.15, 0.2) is 24.4 Å². The molecule has 2 aliphatic rings. The molecule has 4 nitrogen and oxygen atoms in total. The molecule has 4 heteroatoms. The van der Waals surface area contributed by atoms with E-state index in [9.17, 15) is 0 Å². The molecule has 2 saturated heterocycles. The van der Waals surface area contributed by atoms with Gasteiger partial charge in [0, 0.05) is 37.9 Å². The summed E-state index contributed by atoms with van der Waals surface area (Å²) in [5.41, 5.74) is 0. The number of piperidine rings is 1. The summed E-state index contributed by atoms with van der Waals surface area (Å²) in [6.07, 6.45) is 7.09. The molecule has 2 aliphatic heterocycles. The number of pyridine rings is 1. The van der Waals surface area contributed by atoms with E-state index in [1.54, 1.807) is 0 Å². The van der Waals surface area contributed by atoms with Crippen LogP contribution in [0.4, 0.5) is 5.82 Å². The van der Waals surface area contributed by atoms with E-state index in [-0.39, 0.29) is 0 Å². The third kappa shape index (κ3) is 3.74. The minimum atomic E-state index is 0.685. The molecule has 3 heterocycles. The molecule has 2 fully saturated rings. The second kappa shape index (κ2) is 7.23. The SMILES string of the molecule is CCN1CCCC1CNC1CCN(c2ccccn2)CC1. The van der Waals surface area contributed by atoms with E-state index in [2.05, 4.69) is 39.2 Å². The smallest absolute Gasteiger partial charge is 0.128 e. The molecule has 1 N–H and O–H groups in total. The Hall–Kier alpha value is -1.13. The Bertz CT molecular complexity index is 414. The summed E-state index contributed by atoms with van der Waals surface area (Å²) in [5.74, 6) is 1.13. The predicted octanol–water partition coefficient (Wildman–Crippen LogP) is 2.12. The monoisotopic (exact) mass is 288 g/mol. The zero-order chi connectivity index (χ0) is 14.5. The van der Waals surface area contributed by atoms with Gasteiger partial charge in [0.15, 0.2) is 0 Å². The molecule has 1 atom stereocenters. The number of rotatable bonds is 5. The van der Waals surface area contributed by atoms with Crippen molar-refractivity contribution in [1.82, 2.24) is 15.2 Å². The van der Waals surface area contributed by atoms with Crippen LogP contribution >= 0.6 is 0 Å². The van der Waals surface area contributed by atoms with Crippen LogP contribution in [0.3, 0.4) is 0 Å². The summed E-state index contributed by atoms with van der Waals surface area (Å²) in [4.78, 5) is 9.49. The normalized spacial score (nSPS) is 24.6. The van der Waals surface area contributed by atoms with Crippen molar-refractivity contribution in [2.75, 3.05) is 37.6 Å². The number of nitrogens with zero attached hydrogens (tertiary/aromatic N) is 3. The van der Waals surface area contributed by atoms with Gasteiger partial charge in [0.05, 0.1) is 0 Å². The third-order valence-corrected chi connectivity index (χ3v) is 5.02. The van der Waals surface area contributed by atoms with Gasteiger partial charge in [0.1, 0.15) is 5.82 Å². The summed E-state index contributed by atoms with van der Waals surface area (Å²) < 4.78 is 0. The maximum atomic E-state index is 4.46. The van der Waals surface area contributed by atoms with Gasteiger partial charge in [-0.05, 0) is 50.9 Å². The second-order valence-electron chi connectivity index (χ2n) is 6.28. The van der Waals surface area contributed by atoms with Crippen LogP contribution in [0.1, 0.15) is 32.6 Å². The first kappa shape index (κ1) is 14.8. The fourth-order valence-electron chi connectivity index (χ4n) is 3.70. The second-order valence-corrected chi connectivity index (χ2v) is 6.28. The summed E-state index contributed by atoms with van der Waals surface area (Å²) in [7, 11) is 0. The predicted molar refractivity (Wildman–Crippen MR) is 87.7 cm³/mol. The molecule has 21 heavy (non-hydrogen) atoms. The number of aromatic nitrogens is 1. The van der Waals surface area contributed by atoms with Crippen molar-refractivity contribution in [2.45, 2.75) is 44.7 Å². The summed E-state index contributed by atoms with van der Waals surface area (Å²) >= 11 is 0. The fourth-order valence-corrected chi connectivity index (χ4v) is 3.70. The van der Waals surface area contributed by atoms with Gasteiger partial charge in [-0.25, -0.2) is 4.98 Å². The van der Waals surface area contributed by atoms with Gasteiger partial charge in [0.25, 0.3) is 0 Å². The number of nitrogens with one attached hydrogen (secondary N) is 1. The standard InChI is InChI=1S/C17H28N4/c1-2-20-11-5-6-16(20)14-19-15-8-12-21(13-9-15)17-7-3-4-10-18-17/h3-4,7,10,15-16,19H,2,5-6,8-9,11-14H2,1H3. The van der Waals surface area contributed by atoms with Gasteiger partial charge in [0.2, 0.25) is 0 Å². The molecule has 0 amide bonds. The molecule has 1 aromatic rings. The van der Waals surface area contributed by atoms with Crippen molar-refractivity contribution < 1.29 is 0 Å². The van der Waals surface area contributed by atoms with Gasteiger partial charge < -0.3 is 10.2 Å². The molecule has 116 valence electrons. The van der Waals surface area contributed by atoms with Crippen LogP contribution in [-0.2, 0) is 0 Å². The maximum absolute atomic E-state index is 4.46. The zero-order valence-electron chi connectivity index (χ0n) is 13.2. The average Bonchev–Trinajstić information content (AvgIpc) is 3.02. The molecule has 0 bridgehead atoms. The Morgan fingerprint density at radius 1 is 1.19 bits per heavy atom. The Kier molecular flexibility index (Phi) is 5.09. The Labute approximate surface area is 128 Å². The quantitative estimate of drug-likeness (QED) is 0.899. The first-order valence-corrected chi connectivity index (χ1v) is 8.50. The largest absolute Gasteiger partial charge is 0.357 e. The topological polar surface area (TPSA) is 31.4 Å². The van der Waals surface area contributed by atoms with Gasteiger partial charge >= 0.3 is 0 Å². The van der Waals surface area contributed by atoms with Gasteiger partial charge in [-0.3, -0.25) is 4.90 Å². The fraction of sp³-hybridized carbons (Fsp3) is 0.706. The van der Waals surface area contributed by atoms with Crippen LogP contribution < -0.4 is 10.2 Å². The number of likely N-dealkylation sites (N-methyl/N-ethyl adjacent to an activating group) is 1. The number of hydrogen-bond donors (Lipinski definition) is 1. The molecular weight excluding hydrogens is 260 g/mol. The van der Waals surface area contributed by atoms with Crippen LogP contribution in [0.5, 0.6) is 0 Å². The van der Waals surface area contributed by atoms with E-state index in [0.717, 1.165) is 24.9 Å². The number of likely N-dealkylation sites (tertiary alicyclic amines) is 1. The Balaban J connectivity index is 1.42. The summed E-state index contributed by atoms with van der Waals surface area (Å²) in [5, 5.41) is 3.81. The minimum Gasteiger partial charge on any atom is -0.357 e. The minimum absolute atomic E-state index is 0.685. The lowest BCUT2D eigenvalue weighted by Crippen LogP contribution is -2.47. The molecule has 0 aromatic carbocycles. The molecular formula is C17H28N4. The van der Waals surface area contributed by atoms with E-state index in [0.29, 0.717) is 6.04 Å². The van der Waals surface area contributed by atoms with E-state index in [1.807, 2.05) is 12.3 Å². The highest BCUT2D eigenvalue weighted by molar-refractivity contribution is 5.38. The zero-order valence-corrected chi connectivity index (χ0v) is 13.2. The summed E-state index contributed by atoms with van der Waals surface area (Å²) in [6, 6.07) is 7.63. The highest BCUT2D eigenvalue weighted by Gasteiger charge is 2.25. The number of hydrogen-bond acceptors (Lipinski definition) is 4. The van der Waals surface area contributed by atoms with Gasteiger partial charge in [-0.1, -0.05) is 13.0 Å². The van der Waals surface area contributed by atoms with Gasteiger partial charge in [-0.15, -0.1) is 0 Å². The van der Waals surface area contributed by atoms with Crippen molar-refractivity contribution in [3.8, 4) is 0 Å². The first-order chi connectivity index (χ1) is 10.4. The van der Waals surface area contributed by atoms with Crippen molar-refractivity contribution in [2.24, 2.45) is 0 Å². The molecule has 0 radical (unpaired) electrons. The van der Waals surface area contributed by atoms with Gasteiger partial charge in [-0.2, -0.15) is 0 Å². The van der Waals surface area contributed by atoms with Crippen molar-refractivity contribution in [3.05, 3.63) is 24.4 Å². The Morgan fingerprint density at radius 2 is 2.05 bits per heavy atom. The van der Waals surface area contributed by atoms with E-state index < -0.39 is 0 Å². The highest BCUT2D eigenvalue weighted by atomic mass is 15.2. The van der Waals surface area contributed by atoms with Crippen molar-refractivity contribution in [1.29, 1.82) is 0 Å². The van der Waals surface area contributed by atoms with Crippen LogP contribution in [-0.4, -0.2) is 54.7 Å². The average molecular weight is 288 g/mol.